The number of thioether (sulfide) groups is 2. The molecular formula is C74H84N5Na2O21S2-. The molecule has 5 amide bonds. The van der Waals surface area contributed by atoms with Crippen molar-refractivity contribution in [2.75, 3.05) is 55.9 Å². The number of ether oxygens (including phenoxy) is 5. The minimum Gasteiger partial charge on any atom is -0.870 e. The normalized spacial score (nSPS) is 20.8. The predicted molar refractivity (Wildman–Crippen MR) is 375 cm³/mol. The van der Waals surface area contributed by atoms with Gasteiger partial charge in [-0.3, -0.25) is 28.8 Å². The zero-order valence-electron chi connectivity index (χ0n) is 58.1. The smallest absolute Gasteiger partial charge is 0.870 e. The molecule has 2 heterocycles. The van der Waals surface area contributed by atoms with Crippen LogP contribution in [-0.4, -0.2) is 213 Å². The molecule has 6 aromatic carbocycles. The molecule has 546 valence electrons. The number of aliphatic hydroxyl groups is 5. The van der Waals surface area contributed by atoms with E-state index in [1.54, 1.807) is 97.3 Å². The van der Waals surface area contributed by atoms with Crippen LogP contribution in [0.5, 0.6) is 0 Å². The molecular weight excluding hydrogens is 1400 g/mol. The second kappa shape index (κ2) is 43.8. The van der Waals surface area contributed by atoms with Gasteiger partial charge in [0.25, 0.3) is 17.7 Å². The Bertz CT molecular complexity index is 3730. The van der Waals surface area contributed by atoms with Crippen molar-refractivity contribution in [3.05, 3.63) is 192 Å². The fourth-order valence-electron chi connectivity index (χ4n) is 11.5. The van der Waals surface area contributed by atoms with Gasteiger partial charge in [0.15, 0.2) is 5.78 Å². The van der Waals surface area contributed by atoms with E-state index in [-0.39, 0.29) is 120 Å². The molecule has 2 saturated heterocycles. The van der Waals surface area contributed by atoms with Gasteiger partial charge in [0.2, 0.25) is 17.6 Å². The van der Waals surface area contributed by atoms with Crippen LogP contribution in [0.2, 0.25) is 0 Å². The van der Waals surface area contributed by atoms with Crippen molar-refractivity contribution >= 4 is 77.1 Å². The Kier molecular flexibility index (Phi) is 37.0. The van der Waals surface area contributed by atoms with E-state index in [9.17, 15) is 73.8 Å². The first-order valence-electron chi connectivity index (χ1n) is 33.0. The van der Waals surface area contributed by atoms with Crippen LogP contribution in [0, 0.1) is 0 Å². The van der Waals surface area contributed by atoms with Gasteiger partial charge in [0, 0.05) is 87.4 Å². The Morgan fingerprint density at radius 2 is 0.962 bits per heavy atom. The van der Waals surface area contributed by atoms with Gasteiger partial charge in [-0.05, 0) is 107 Å². The fourth-order valence-corrected chi connectivity index (χ4v) is 13.1. The molecule has 0 aliphatic carbocycles. The van der Waals surface area contributed by atoms with Crippen molar-refractivity contribution in [3.63, 3.8) is 0 Å². The van der Waals surface area contributed by atoms with E-state index in [1.807, 2.05) is 60.7 Å². The second-order valence-electron chi connectivity index (χ2n) is 24.2. The predicted octanol–water partition coefficient (Wildman–Crippen LogP) is -2.45. The third-order valence-electron chi connectivity index (χ3n) is 16.7. The van der Waals surface area contributed by atoms with Crippen molar-refractivity contribution in [3.8, 4) is 22.3 Å². The van der Waals surface area contributed by atoms with Crippen molar-refractivity contribution in [2.45, 2.75) is 125 Å². The summed E-state index contributed by atoms with van der Waals surface area (Å²) in [6.45, 7) is 1.29. The van der Waals surface area contributed by atoms with Crippen LogP contribution >= 0.6 is 23.5 Å². The van der Waals surface area contributed by atoms with Crippen LogP contribution in [0.1, 0.15) is 104 Å². The number of esters is 1. The zero-order chi connectivity index (χ0) is 72.5. The fraction of sp³-hybridized carbons (Fsp3) is 0.392. The first kappa shape index (κ1) is 87.9. The molecule has 2 aliphatic heterocycles. The van der Waals surface area contributed by atoms with E-state index >= 15 is 0 Å². The third kappa shape index (κ3) is 25.5. The first-order valence-corrected chi connectivity index (χ1v) is 35.3. The number of rotatable bonds is 37. The summed E-state index contributed by atoms with van der Waals surface area (Å²) in [6, 6.07) is 43.7. The number of aliphatic carboxylic acids is 1. The molecule has 0 spiro atoms. The van der Waals surface area contributed by atoms with E-state index in [1.165, 1.54) is 42.6 Å². The summed E-state index contributed by atoms with van der Waals surface area (Å²) in [5.74, 6) is -8.59. The minimum atomic E-state index is -2.68. The second-order valence-corrected chi connectivity index (χ2v) is 26.7. The summed E-state index contributed by atoms with van der Waals surface area (Å²) in [5.41, 5.74) is 4.99. The maximum Gasteiger partial charge on any atom is 1.00 e. The average molecular weight is 1490 g/mol. The van der Waals surface area contributed by atoms with Crippen molar-refractivity contribution < 1.29 is 162 Å². The molecule has 0 unspecified atom stereocenters. The number of Topliss-reactive ketones (excluding diaryl/α,β-unsaturated/α-hetero) is 1. The first-order chi connectivity index (χ1) is 48.6. The van der Waals surface area contributed by atoms with Crippen molar-refractivity contribution in [2.24, 2.45) is 0 Å². The van der Waals surface area contributed by atoms with Gasteiger partial charge >= 0.3 is 65.1 Å². The van der Waals surface area contributed by atoms with Crippen LogP contribution in [-0.2, 0) is 42.9 Å². The van der Waals surface area contributed by atoms with Crippen molar-refractivity contribution in [1.82, 2.24) is 26.6 Å². The summed E-state index contributed by atoms with van der Waals surface area (Å²) in [7, 11) is 0. The van der Waals surface area contributed by atoms with Gasteiger partial charge < -0.3 is 96.0 Å². The Morgan fingerprint density at radius 1 is 0.538 bits per heavy atom. The monoisotopic (exact) mass is 1490 g/mol. The number of carboxylic acids is 1. The molecule has 0 saturated carbocycles. The number of carbonyl (C=O) groups excluding carboxylic acids is 9. The van der Waals surface area contributed by atoms with Crippen LogP contribution in [0.4, 0.5) is 0 Å². The topological polar surface area (TPSA) is 414 Å². The quantitative estimate of drug-likeness (QED) is 0.00636. The number of benzene rings is 6. The van der Waals surface area contributed by atoms with Crippen LogP contribution < -0.4 is 90.8 Å². The number of hydrogen-bond acceptors (Lipinski definition) is 23. The van der Waals surface area contributed by atoms with E-state index in [2.05, 4.69) is 26.6 Å². The van der Waals surface area contributed by atoms with E-state index < -0.39 is 134 Å². The number of carbonyl (C=O) groups is 8. The van der Waals surface area contributed by atoms with Gasteiger partial charge in [-0.2, -0.15) is 23.5 Å². The van der Waals surface area contributed by atoms with Gasteiger partial charge in [-0.15, -0.1) is 0 Å². The van der Waals surface area contributed by atoms with E-state index in [4.69, 9.17) is 23.7 Å². The maximum absolute atomic E-state index is 13.5. The molecule has 0 aromatic heterocycles. The van der Waals surface area contributed by atoms with Crippen molar-refractivity contribution in [1.29, 1.82) is 0 Å². The summed E-state index contributed by atoms with van der Waals surface area (Å²) >= 11 is 2.93. The third-order valence-corrected chi connectivity index (χ3v) is 19.0. The summed E-state index contributed by atoms with van der Waals surface area (Å²) in [4.78, 5) is 116. The van der Waals surface area contributed by atoms with E-state index in [0.29, 0.717) is 52.5 Å². The molecule has 2 fully saturated rings. The minimum absolute atomic E-state index is 0. The Balaban J connectivity index is 0.00000648. The molecule has 104 heavy (non-hydrogen) atoms. The summed E-state index contributed by atoms with van der Waals surface area (Å²) in [5, 5.41) is 82.7. The number of ketones is 1. The molecule has 6 aromatic rings. The maximum atomic E-state index is 13.5. The molecule has 12 atom stereocenters. The zero-order valence-corrected chi connectivity index (χ0v) is 63.7. The molecule has 2 aliphatic rings. The Morgan fingerprint density at radius 3 is 1.45 bits per heavy atom. The molecule has 30 heteroatoms. The number of carboxylic acid groups (broad SMARTS) is 1. The number of hydrogen-bond donors (Lipinski definition) is 10. The Hall–Kier alpha value is -6.75. The van der Waals surface area contributed by atoms with Gasteiger partial charge in [0.1, 0.15) is 36.5 Å². The van der Waals surface area contributed by atoms with Gasteiger partial charge in [-0.1, -0.05) is 115 Å². The van der Waals surface area contributed by atoms with E-state index in [0.717, 1.165) is 29.2 Å². The van der Waals surface area contributed by atoms with Gasteiger partial charge in [-0.25, -0.2) is 11.1 Å². The van der Waals surface area contributed by atoms with Crippen LogP contribution in [0.15, 0.2) is 164 Å². The number of aliphatic hydroxyl groups excluding tert-OH is 5. The largest absolute Gasteiger partial charge is 1.00 e. The average Bonchev–Trinajstić information content (AvgIpc) is 0.759. The van der Waals surface area contributed by atoms with Gasteiger partial charge in [0.05, 0.1) is 48.4 Å². The summed E-state index contributed by atoms with van der Waals surface area (Å²) in [6.07, 6.45) is -12.0. The summed E-state index contributed by atoms with van der Waals surface area (Å²) < 4.78 is 29.5. The molecule has 8 rings (SSSR count). The molecule has 26 nitrogen and oxygen atoms in total. The molecule has 0 bridgehead atoms. The van der Waals surface area contributed by atoms with Crippen LogP contribution in [0.3, 0.4) is 0 Å². The standard InChI is InChI=1S/C74H84N5O20S2.2Na.H2O/c1-46(81)78-62-58(84)41-73(45-80,98-66(62)64(87)59(85)43-76-69(90)54-28-22-50(23-29-54)48-15-6-3-7-16-48)95-35-13-39-101-40-34-75-68(89)53-32-26-52(27-33-53)57(83)21-12-37-100-38-14-36-96-74(72(93)94)42-61(97-71(92)56-19-10-5-11-20-56)63(79-47(2)82)67(99-74)65(88)60(86)44-77-70(91)55-30-24-51(25-31-55)49-17-8-4-9-18-49;;;/h3-11,15-20,22-33,58-67,84-88H,12-14,21,34-44H2,1-2H3,(H,75,89)(H,76,90)(H,77,91)(H,78,81)(H,79,82)(H,93,94);;;1H2/q-1;2*+1;/p-2/t58-,59+,60+,61-,62+,63+,64+,65+,66+,67+,73+,74+;;;/m0.../s1. The number of amides is 5. The number of nitrogens with one attached hydrogen (secondary N) is 5. The van der Waals surface area contributed by atoms with Crippen LogP contribution in [0.25, 0.3) is 22.3 Å². The Labute approximate surface area is 655 Å². The SMILES string of the molecule is CC(=O)N[C@H]1[C@H]([C@H](O)[C@H](O)CNC(=O)c2ccc(-c3ccccc3)cc2)O[C@@](OCCCSCCCC(=O)c2ccc(C(=O)NCCSCCCO[C@]3([C-]=O)C[C@H](O)[C@@H](NC(C)=O)[C@H]([C@H](O)[C@H](O)CNC(=O)c4ccc(-c5ccccc5)cc4)O3)cc2)(C(=O)[O-])C[C@@H]1OC(=O)c1ccccc1.[Na+].[Na+].[OH-]. The molecule has 11 N–H and O–H groups in total. The molecule has 0 radical (unpaired) electrons.